The topological polar surface area (TPSA) is 60.9 Å². The molecule has 3 aromatic rings. The normalized spacial score (nSPS) is 10.5. The van der Waals surface area contributed by atoms with E-state index in [0.717, 1.165) is 11.4 Å². The Bertz CT molecular complexity index is 1200. The minimum atomic E-state index is -0.306. The summed E-state index contributed by atoms with van der Waals surface area (Å²) in [5, 5.41) is 0. The Balaban J connectivity index is 2.22. The Kier molecular flexibility index (Phi) is 6.97. The molecule has 0 N–H and O–H groups in total. The number of aldehydes is 1. The molecule has 33 heavy (non-hydrogen) atoms. The first kappa shape index (κ1) is 23.7. The number of carbonyl (C=O) groups excluding carboxylic acids is 3. The van der Waals surface area contributed by atoms with Crippen molar-refractivity contribution in [2.45, 2.75) is 0 Å². The largest absolute Gasteiger partial charge is 0.378 e. The van der Waals surface area contributed by atoms with Crippen LogP contribution in [0.1, 0.15) is 42.2 Å². The first-order valence-corrected chi connectivity index (χ1v) is 10.6. The van der Waals surface area contributed by atoms with Gasteiger partial charge >= 0.3 is 0 Å². The number of hydrogen-bond acceptors (Lipinski definition) is 6. The number of anilines is 3. The van der Waals surface area contributed by atoms with Crippen molar-refractivity contribution in [2.24, 2.45) is 0 Å². The van der Waals surface area contributed by atoms with Gasteiger partial charge in [0.2, 0.25) is 0 Å². The van der Waals surface area contributed by atoms with Gasteiger partial charge in [-0.2, -0.15) is 0 Å². The predicted octanol–water partition coefficient (Wildman–Crippen LogP) is 4.16. The monoisotopic (exact) mass is 443 g/mol. The van der Waals surface area contributed by atoms with Crippen LogP contribution in [0.15, 0.2) is 60.7 Å². The molecule has 0 saturated carbocycles. The van der Waals surface area contributed by atoms with E-state index in [9.17, 15) is 14.4 Å². The SMILES string of the molecule is CN(C)c1ccc(C(=O)c2ccc(C=O)c(N(C)C)c2C(=O)c2cccc(N(C)C)c2)cc1. The maximum atomic E-state index is 13.8. The molecule has 0 amide bonds. The van der Waals surface area contributed by atoms with Crippen molar-refractivity contribution < 1.29 is 14.4 Å². The van der Waals surface area contributed by atoms with Gasteiger partial charge in [-0.25, -0.2) is 0 Å². The molecule has 0 bridgehead atoms. The summed E-state index contributed by atoms with van der Waals surface area (Å²) in [4.78, 5) is 44.7. The van der Waals surface area contributed by atoms with Crippen LogP contribution in [-0.2, 0) is 0 Å². The van der Waals surface area contributed by atoms with Crippen LogP contribution in [0.3, 0.4) is 0 Å². The maximum absolute atomic E-state index is 13.8. The molecule has 0 aromatic heterocycles. The van der Waals surface area contributed by atoms with Crippen LogP contribution >= 0.6 is 0 Å². The highest BCUT2D eigenvalue weighted by Crippen LogP contribution is 2.31. The molecule has 0 aliphatic carbocycles. The van der Waals surface area contributed by atoms with Gasteiger partial charge in [0.05, 0.1) is 11.3 Å². The fraction of sp³-hybridized carbons (Fsp3) is 0.222. The second kappa shape index (κ2) is 9.69. The summed E-state index contributed by atoms with van der Waals surface area (Å²) >= 11 is 0. The number of ketones is 2. The molecule has 0 radical (unpaired) electrons. The molecular weight excluding hydrogens is 414 g/mol. The maximum Gasteiger partial charge on any atom is 0.195 e. The van der Waals surface area contributed by atoms with Crippen molar-refractivity contribution in [3.05, 3.63) is 88.5 Å². The lowest BCUT2D eigenvalue weighted by atomic mass is 9.89. The van der Waals surface area contributed by atoms with Crippen molar-refractivity contribution in [2.75, 3.05) is 57.0 Å². The number of nitrogens with zero attached hydrogens (tertiary/aromatic N) is 3. The van der Waals surface area contributed by atoms with Crippen LogP contribution in [0, 0.1) is 0 Å². The van der Waals surface area contributed by atoms with Crippen LogP contribution in [0.4, 0.5) is 17.1 Å². The molecule has 0 unspecified atom stereocenters. The van der Waals surface area contributed by atoms with E-state index in [0.29, 0.717) is 28.7 Å². The van der Waals surface area contributed by atoms with E-state index < -0.39 is 0 Å². The highest BCUT2D eigenvalue weighted by atomic mass is 16.1. The standard InChI is InChI=1S/C27H29N3O3/c1-28(2)21-13-10-18(11-14-21)26(32)23-15-12-20(17-31)25(30(5)6)24(23)27(33)19-8-7-9-22(16-19)29(3)4/h7-17H,1-6H3. The van der Waals surface area contributed by atoms with E-state index in [1.165, 1.54) is 0 Å². The van der Waals surface area contributed by atoms with Crippen molar-refractivity contribution in [1.29, 1.82) is 0 Å². The summed E-state index contributed by atoms with van der Waals surface area (Å²) in [6.07, 6.45) is 0.711. The van der Waals surface area contributed by atoms with E-state index in [2.05, 4.69) is 0 Å². The molecule has 3 rings (SSSR count). The van der Waals surface area contributed by atoms with Crippen LogP contribution in [-0.4, -0.2) is 60.1 Å². The van der Waals surface area contributed by atoms with Gasteiger partial charge in [-0.05, 0) is 48.5 Å². The number of benzene rings is 3. The summed E-state index contributed by atoms with van der Waals surface area (Å²) < 4.78 is 0. The van der Waals surface area contributed by atoms with Crippen molar-refractivity contribution in [1.82, 2.24) is 0 Å². The van der Waals surface area contributed by atoms with Gasteiger partial charge in [-0.1, -0.05) is 12.1 Å². The van der Waals surface area contributed by atoms with Gasteiger partial charge < -0.3 is 14.7 Å². The number of hydrogen-bond donors (Lipinski definition) is 0. The van der Waals surface area contributed by atoms with Crippen LogP contribution in [0.25, 0.3) is 0 Å². The third-order valence-corrected chi connectivity index (χ3v) is 5.53. The molecule has 3 aromatic carbocycles. The molecule has 170 valence electrons. The fourth-order valence-electron chi connectivity index (χ4n) is 3.74. The van der Waals surface area contributed by atoms with Crippen LogP contribution < -0.4 is 14.7 Å². The van der Waals surface area contributed by atoms with E-state index in [4.69, 9.17) is 0 Å². The van der Waals surface area contributed by atoms with Gasteiger partial charge in [0.15, 0.2) is 17.9 Å². The molecule has 0 aliphatic rings. The van der Waals surface area contributed by atoms with Crippen molar-refractivity contribution in [3.8, 4) is 0 Å². The molecular formula is C27H29N3O3. The fourth-order valence-corrected chi connectivity index (χ4v) is 3.74. The van der Waals surface area contributed by atoms with Gasteiger partial charge in [-0.3, -0.25) is 14.4 Å². The predicted molar refractivity (Wildman–Crippen MR) is 135 cm³/mol. The molecule has 0 spiro atoms. The lowest BCUT2D eigenvalue weighted by Crippen LogP contribution is -2.21. The second-order valence-corrected chi connectivity index (χ2v) is 8.48. The van der Waals surface area contributed by atoms with Crippen LogP contribution in [0.5, 0.6) is 0 Å². The molecule has 6 heteroatoms. The molecule has 0 saturated heterocycles. The Morgan fingerprint density at radius 1 is 0.667 bits per heavy atom. The zero-order valence-corrected chi connectivity index (χ0v) is 19.9. The highest BCUT2D eigenvalue weighted by Gasteiger charge is 2.26. The van der Waals surface area contributed by atoms with Crippen molar-refractivity contribution >= 4 is 34.9 Å². The molecule has 0 fully saturated rings. The average Bonchev–Trinajstić information content (AvgIpc) is 2.82. The average molecular weight is 444 g/mol. The van der Waals surface area contributed by atoms with Gasteiger partial charge in [0.25, 0.3) is 0 Å². The Morgan fingerprint density at radius 3 is 1.85 bits per heavy atom. The lowest BCUT2D eigenvalue weighted by molar-refractivity contribution is 0.100. The summed E-state index contributed by atoms with van der Waals surface area (Å²) in [5.74, 6) is -0.577. The summed E-state index contributed by atoms with van der Waals surface area (Å²) in [7, 11) is 11.2. The van der Waals surface area contributed by atoms with E-state index in [1.807, 2.05) is 62.3 Å². The smallest absolute Gasteiger partial charge is 0.195 e. The van der Waals surface area contributed by atoms with Gasteiger partial charge in [0, 0.05) is 75.9 Å². The summed E-state index contributed by atoms with van der Waals surface area (Å²) in [6, 6.07) is 17.6. The van der Waals surface area contributed by atoms with Gasteiger partial charge in [0.1, 0.15) is 0 Å². The zero-order chi connectivity index (χ0) is 24.3. The Hall–Kier alpha value is -3.93. The second-order valence-electron chi connectivity index (χ2n) is 8.48. The third kappa shape index (κ3) is 4.80. The zero-order valence-electron chi connectivity index (χ0n) is 19.9. The summed E-state index contributed by atoms with van der Waals surface area (Å²) in [6.45, 7) is 0. The molecule has 6 nitrogen and oxygen atoms in total. The summed E-state index contributed by atoms with van der Waals surface area (Å²) in [5.41, 5.74) is 4.03. The Morgan fingerprint density at radius 2 is 1.30 bits per heavy atom. The number of carbonyl (C=O) groups is 3. The van der Waals surface area contributed by atoms with Gasteiger partial charge in [-0.15, -0.1) is 0 Å². The number of rotatable bonds is 8. The van der Waals surface area contributed by atoms with E-state index >= 15 is 0 Å². The highest BCUT2D eigenvalue weighted by molar-refractivity contribution is 6.23. The molecule has 0 aliphatic heterocycles. The third-order valence-electron chi connectivity index (χ3n) is 5.53. The quantitative estimate of drug-likeness (QED) is 0.385. The first-order chi connectivity index (χ1) is 15.6. The van der Waals surface area contributed by atoms with Crippen molar-refractivity contribution in [3.63, 3.8) is 0 Å². The molecule has 0 atom stereocenters. The van der Waals surface area contributed by atoms with E-state index in [1.54, 1.807) is 55.4 Å². The van der Waals surface area contributed by atoms with Crippen LogP contribution in [0.2, 0.25) is 0 Å². The minimum absolute atomic E-state index is 0.224. The first-order valence-electron chi connectivity index (χ1n) is 10.6. The van der Waals surface area contributed by atoms with E-state index in [-0.39, 0.29) is 22.7 Å². The Labute approximate surface area is 195 Å². The molecule has 0 heterocycles. The lowest BCUT2D eigenvalue weighted by Gasteiger charge is -2.22. The minimum Gasteiger partial charge on any atom is -0.378 e.